The van der Waals surface area contributed by atoms with Crippen LogP contribution in [0.25, 0.3) is 0 Å². The Kier molecular flexibility index (Phi) is 3.89. The van der Waals surface area contributed by atoms with Gasteiger partial charge in [-0.15, -0.1) is 0 Å². The minimum absolute atomic E-state index is 0.205. The van der Waals surface area contributed by atoms with E-state index in [1.165, 1.54) is 6.07 Å². The Labute approximate surface area is 118 Å². The maximum Gasteiger partial charge on any atom is 0.256 e. The minimum Gasteiger partial charge on any atom is -0.322 e. The van der Waals surface area contributed by atoms with E-state index in [9.17, 15) is 9.18 Å². The molecule has 2 nitrogen and oxygen atoms in total. The van der Waals surface area contributed by atoms with Gasteiger partial charge in [-0.3, -0.25) is 4.79 Å². The molecule has 2 aromatic rings. The quantitative estimate of drug-likeness (QED) is 0.866. The van der Waals surface area contributed by atoms with Crippen LogP contribution in [0.5, 0.6) is 0 Å². The van der Waals surface area contributed by atoms with Gasteiger partial charge < -0.3 is 5.32 Å². The number of aryl methyl sites for hydroxylation is 4. The summed E-state index contributed by atoms with van der Waals surface area (Å²) in [6.45, 7) is 7.50. The van der Waals surface area contributed by atoms with Crippen molar-refractivity contribution in [2.24, 2.45) is 0 Å². The zero-order valence-electron chi connectivity index (χ0n) is 12.2. The lowest BCUT2D eigenvalue weighted by atomic mass is 9.99. The number of halogens is 1. The van der Waals surface area contributed by atoms with Gasteiger partial charge in [0.2, 0.25) is 0 Å². The molecule has 0 aliphatic carbocycles. The molecular formula is C17H18FNO. The second kappa shape index (κ2) is 5.45. The first-order valence-corrected chi connectivity index (χ1v) is 6.54. The van der Waals surface area contributed by atoms with Gasteiger partial charge in [-0.2, -0.15) is 0 Å². The van der Waals surface area contributed by atoms with E-state index in [2.05, 4.69) is 5.32 Å². The lowest BCUT2D eigenvalue weighted by Gasteiger charge is -2.12. The van der Waals surface area contributed by atoms with Gasteiger partial charge in [-0.1, -0.05) is 23.8 Å². The van der Waals surface area contributed by atoms with Crippen LogP contribution in [0.1, 0.15) is 32.6 Å². The Hall–Kier alpha value is -2.16. The number of anilines is 1. The predicted octanol–water partition coefficient (Wildman–Crippen LogP) is 4.31. The van der Waals surface area contributed by atoms with Crippen LogP contribution in [0.2, 0.25) is 0 Å². The highest BCUT2D eigenvalue weighted by Gasteiger charge is 2.13. The van der Waals surface area contributed by atoms with Crippen LogP contribution in [0.15, 0.2) is 30.3 Å². The van der Waals surface area contributed by atoms with Crippen LogP contribution in [-0.2, 0) is 0 Å². The third kappa shape index (κ3) is 2.87. The Morgan fingerprint density at radius 1 is 0.950 bits per heavy atom. The smallest absolute Gasteiger partial charge is 0.256 e. The average molecular weight is 271 g/mol. The molecule has 0 atom stereocenters. The number of amides is 1. The summed E-state index contributed by atoms with van der Waals surface area (Å²) < 4.78 is 13.5. The van der Waals surface area contributed by atoms with Crippen molar-refractivity contribution in [3.05, 3.63) is 64.0 Å². The van der Waals surface area contributed by atoms with E-state index in [1.807, 2.05) is 32.9 Å². The van der Waals surface area contributed by atoms with Crippen molar-refractivity contribution >= 4 is 11.6 Å². The fourth-order valence-corrected chi connectivity index (χ4v) is 2.40. The van der Waals surface area contributed by atoms with E-state index >= 15 is 0 Å². The first-order valence-electron chi connectivity index (χ1n) is 6.54. The molecule has 3 heteroatoms. The van der Waals surface area contributed by atoms with Crippen molar-refractivity contribution in [1.82, 2.24) is 0 Å². The van der Waals surface area contributed by atoms with E-state index in [0.29, 0.717) is 16.8 Å². The van der Waals surface area contributed by atoms with Crippen LogP contribution in [0, 0.1) is 33.5 Å². The summed E-state index contributed by atoms with van der Waals surface area (Å²) >= 11 is 0. The molecule has 0 saturated heterocycles. The van der Waals surface area contributed by atoms with Gasteiger partial charge in [0, 0.05) is 11.3 Å². The van der Waals surface area contributed by atoms with Gasteiger partial charge in [0.15, 0.2) is 0 Å². The maximum absolute atomic E-state index is 13.5. The van der Waals surface area contributed by atoms with Crippen LogP contribution in [0.4, 0.5) is 10.1 Å². The highest BCUT2D eigenvalue weighted by molar-refractivity contribution is 6.06. The molecule has 0 unspecified atom stereocenters. The summed E-state index contributed by atoms with van der Waals surface area (Å²) in [5.41, 5.74) is 4.65. The number of hydrogen-bond acceptors (Lipinski definition) is 1. The fourth-order valence-electron chi connectivity index (χ4n) is 2.40. The van der Waals surface area contributed by atoms with Gasteiger partial charge in [-0.25, -0.2) is 4.39 Å². The van der Waals surface area contributed by atoms with Crippen LogP contribution in [0.3, 0.4) is 0 Å². The third-order valence-electron chi connectivity index (χ3n) is 3.33. The molecule has 0 heterocycles. The number of benzene rings is 2. The van der Waals surface area contributed by atoms with Crippen molar-refractivity contribution in [1.29, 1.82) is 0 Å². The highest BCUT2D eigenvalue weighted by atomic mass is 19.1. The second-order valence-electron chi connectivity index (χ2n) is 5.19. The number of carbonyl (C=O) groups is 1. The molecule has 2 rings (SSSR count). The normalized spacial score (nSPS) is 10.4. The zero-order chi connectivity index (χ0) is 14.9. The Morgan fingerprint density at radius 2 is 1.55 bits per heavy atom. The summed E-state index contributed by atoms with van der Waals surface area (Å²) in [6.07, 6.45) is 0. The molecule has 0 fully saturated rings. The molecule has 1 N–H and O–H groups in total. The largest absolute Gasteiger partial charge is 0.322 e. The minimum atomic E-state index is -0.319. The van der Waals surface area contributed by atoms with E-state index in [1.54, 1.807) is 19.1 Å². The lowest BCUT2D eigenvalue weighted by molar-refractivity contribution is 0.102. The molecule has 0 aliphatic heterocycles. The molecular weight excluding hydrogens is 253 g/mol. The molecule has 0 aliphatic rings. The van der Waals surface area contributed by atoms with Gasteiger partial charge >= 0.3 is 0 Å². The highest BCUT2D eigenvalue weighted by Crippen LogP contribution is 2.19. The fraction of sp³-hybridized carbons (Fsp3) is 0.235. The first kappa shape index (κ1) is 14.3. The summed E-state index contributed by atoms with van der Waals surface area (Å²) in [5.74, 6) is -0.525. The Balaban J connectivity index is 2.31. The van der Waals surface area contributed by atoms with Gasteiger partial charge in [-0.05, 0) is 56.5 Å². The van der Waals surface area contributed by atoms with Gasteiger partial charge in [0.05, 0.1) is 0 Å². The van der Waals surface area contributed by atoms with E-state index < -0.39 is 0 Å². The summed E-state index contributed by atoms with van der Waals surface area (Å²) in [7, 11) is 0. The van der Waals surface area contributed by atoms with Crippen molar-refractivity contribution in [2.75, 3.05) is 5.32 Å². The molecule has 20 heavy (non-hydrogen) atoms. The molecule has 2 aromatic carbocycles. The summed E-state index contributed by atoms with van der Waals surface area (Å²) in [4.78, 5) is 12.3. The maximum atomic E-state index is 13.5. The van der Waals surface area contributed by atoms with Crippen LogP contribution >= 0.6 is 0 Å². The second-order valence-corrected chi connectivity index (χ2v) is 5.19. The number of nitrogens with one attached hydrogen (secondary N) is 1. The van der Waals surface area contributed by atoms with Crippen molar-refractivity contribution in [3.63, 3.8) is 0 Å². The summed E-state index contributed by atoms with van der Waals surface area (Å²) in [6, 6.07) is 8.64. The van der Waals surface area contributed by atoms with Crippen LogP contribution in [-0.4, -0.2) is 5.91 Å². The lowest BCUT2D eigenvalue weighted by Crippen LogP contribution is -2.15. The van der Waals surface area contributed by atoms with E-state index in [-0.39, 0.29) is 11.7 Å². The zero-order valence-corrected chi connectivity index (χ0v) is 12.2. The van der Waals surface area contributed by atoms with Gasteiger partial charge in [0.25, 0.3) is 5.91 Å². The Bertz CT molecular complexity index is 654. The number of rotatable bonds is 2. The molecule has 104 valence electrons. The average Bonchev–Trinajstić information content (AvgIpc) is 2.32. The predicted molar refractivity (Wildman–Crippen MR) is 79.7 cm³/mol. The van der Waals surface area contributed by atoms with Crippen LogP contribution < -0.4 is 5.32 Å². The molecule has 0 spiro atoms. The Morgan fingerprint density at radius 3 is 2.10 bits per heavy atom. The third-order valence-corrected chi connectivity index (χ3v) is 3.33. The topological polar surface area (TPSA) is 29.1 Å². The first-order chi connectivity index (χ1) is 9.38. The molecule has 0 aromatic heterocycles. The molecule has 1 amide bonds. The monoisotopic (exact) mass is 271 g/mol. The van der Waals surface area contributed by atoms with Crippen molar-refractivity contribution < 1.29 is 9.18 Å². The molecule has 0 radical (unpaired) electrons. The molecule has 0 bridgehead atoms. The number of carbonyl (C=O) groups excluding carboxylic acids is 1. The van der Waals surface area contributed by atoms with Crippen molar-refractivity contribution in [2.45, 2.75) is 27.7 Å². The van der Waals surface area contributed by atoms with E-state index in [0.717, 1.165) is 16.7 Å². The standard InChI is InChI=1S/C17H18FNO/c1-10-7-12(3)16(13(4)8-10)17(20)19-14-6-5-11(2)15(18)9-14/h5-9H,1-4H3,(H,19,20). The summed E-state index contributed by atoms with van der Waals surface area (Å²) in [5, 5.41) is 2.75. The van der Waals surface area contributed by atoms with Crippen molar-refractivity contribution in [3.8, 4) is 0 Å². The van der Waals surface area contributed by atoms with E-state index in [4.69, 9.17) is 0 Å². The van der Waals surface area contributed by atoms with Gasteiger partial charge in [0.1, 0.15) is 5.82 Å². The number of hydrogen-bond donors (Lipinski definition) is 1. The molecule has 0 saturated carbocycles. The SMILES string of the molecule is Cc1cc(C)c(C(=O)Nc2ccc(C)c(F)c2)c(C)c1.